The molecule has 1 unspecified atom stereocenters. The van der Waals surface area contributed by atoms with E-state index >= 15 is 0 Å². The van der Waals surface area contributed by atoms with Gasteiger partial charge in [0.05, 0.1) is 0 Å². The lowest BCUT2D eigenvalue weighted by atomic mass is 10.1. The van der Waals surface area contributed by atoms with Crippen molar-refractivity contribution < 1.29 is 14.7 Å². The summed E-state index contributed by atoms with van der Waals surface area (Å²) in [6.07, 6.45) is 3.47. The summed E-state index contributed by atoms with van der Waals surface area (Å²) < 4.78 is 0. The zero-order chi connectivity index (χ0) is 11.7. The van der Waals surface area contributed by atoms with Gasteiger partial charge in [0, 0.05) is 18.9 Å². The van der Waals surface area contributed by atoms with Gasteiger partial charge in [-0.1, -0.05) is 20.3 Å². The first kappa shape index (κ1) is 13.9. The summed E-state index contributed by atoms with van der Waals surface area (Å²) in [6, 6.07) is 0. The maximum atomic E-state index is 11.3. The van der Waals surface area contributed by atoms with Crippen molar-refractivity contribution in [2.24, 2.45) is 5.92 Å². The lowest BCUT2D eigenvalue weighted by Gasteiger charge is -2.09. The third-order valence-electron chi connectivity index (χ3n) is 2.43. The second-order valence-electron chi connectivity index (χ2n) is 3.80. The van der Waals surface area contributed by atoms with Crippen LogP contribution in [0.25, 0.3) is 0 Å². The van der Waals surface area contributed by atoms with E-state index in [0.29, 0.717) is 13.0 Å². The lowest BCUT2D eigenvalue weighted by molar-refractivity contribution is -0.137. The lowest BCUT2D eigenvalue weighted by Crippen LogP contribution is -2.29. The number of carboxylic acid groups (broad SMARTS) is 1. The fourth-order valence-corrected chi connectivity index (χ4v) is 1.15. The van der Waals surface area contributed by atoms with E-state index in [4.69, 9.17) is 5.11 Å². The van der Waals surface area contributed by atoms with E-state index in [2.05, 4.69) is 5.32 Å². The highest BCUT2D eigenvalue weighted by molar-refractivity contribution is 5.78. The first-order valence-electron chi connectivity index (χ1n) is 5.57. The van der Waals surface area contributed by atoms with Gasteiger partial charge in [0.15, 0.2) is 0 Å². The fraction of sp³-hybridized carbons (Fsp3) is 0.818. The molecule has 0 bridgehead atoms. The molecule has 88 valence electrons. The number of carbonyl (C=O) groups excluding carboxylic acids is 1. The van der Waals surface area contributed by atoms with Gasteiger partial charge in [-0.15, -0.1) is 0 Å². The van der Waals surface area contributed by atoms with Crippen LogP contribution < -0.4 is 5.32 Å². The molecule has 1 amide bonds. The van der Waals surface area contributed by atoms with Crippen molar-refractivity contribution in [2.75, 3.05) is 6.54 Å². The third kappa shape index (κ3) is 7.97. The summed E-state index contributed by atoms with van der Waals surface area (Å²) in [7, 11) is 0. The van der Waals surface area contributed by atoms with Gasteiger partial charge in [0.25, 0.3) is 0 Å². The van der Waals surface area contributed by atoms with Gasteiger partial charge in [-0.05, 0) is 19.3 Å². The molecule has 0 aliphatic rings. The van der Waals surface area contributed by atoms with E-state index < -0.39 is 5.97 Å². The van der Waals surface area contributed by atoms with Gasteiger partial charge in [-0.25, -0.2) is 0 Å². The number of rotatable bonds is 8. The number of nitrogens with one attached hydrogen (secondary N) is 1. The minimum absolute atomic E-state index is 0.0732. The Hall–Kier alpha value is -1.06. The summed E-state index contributed by atoms with van der Waals surface area (Å²) in [5.74, 6) is -0.585. The van der Waals surface area contributed by atoms with Gasteiger partial charge < -0.3 is 10.4 Å². The Balaban J connectivity index is 3.31. The van der Waals surface area contributed by atoms with Gasteiger partial charge in [0.2, 0.25) is 5.91 Å². The standard InChI is InChI=1S/C11H21NO3/c1-3-9(2)11(15)12-8-6-4-5-7-10(13)14/h9H,3-8H2,1-2H3,(H,12,15)(H,13,14). The van der Waals surface area contributed by atoms with Crippen molar-refractivity contribution in [2.45, 2.75) is 46.0 Å². The van der Waals surface area contributed by atoms with Crippen molar-refractivity contribution >= 4 is 11.9 Å². The van der Waals surface area contributed by atoms with Crippen LogP contribution in [-0.4, -0.2) is 23.5 Å². The number of hydrogen-bond donors (Lipinski definition) is 2. The Morgan fingerprint density at radius 1 is 1.27 bits per heavy atom. The zero-order valence-electron chi connectivity index (χ0n) is 9.58. The van der Waals surface area contributed by atoms with Crippen LogP contribution >= 0.6 is 0 Å². The number of amides is 1. The maximum absolute atomic E-state index is 11.3. The molecule has 0 aromatic heterocycles. The molecule has 2 N–H and O–H groups in total. The molecule has 0 rings (SSSR count). The van der Waals surface area contributed by atoms with E-state index in [1.165, 1.54) is 0 Å². The highest BCUT2D eigenvalue weighted by Gasteiger charge is 2.08. The number of carbonyl (C=O) groups is 2. The summed E-state index contributed by atoms with van der Waals surface area (Å²) >= 11 is 0. The third-order valence-corrected chi connectivity index (χ3v) is 2.43. The number of aliphatic carboxylic acids is 1. The largest absolute Gasteiger partial charge is 0.481 e. The molecule has 0 fully saturated rings. The van der Waals surface area contributed by atoms with E-state index in [-0.39, 0.29) is 18.2 Å². The Morgan fingerprint density at radius 2 is 1.93 bits per heavy atom. The maximum Gasteiger partial charge on any atom is 0.303 e. The van der Waals surface area contributed by atoms with Crippen molar-refractivity contribution in [3.63, 3.8) is 0 Å². The minimum atomic E-state index is -0.751. The molecule has 0 aromatic carbocycles. The molecule has 4 heteroatoms. The van der Waals surface area contributed by atoms with E-state index in [9.17, 15) is 9.59 Å². The number of carboxylic acids is 1. The smallest absolute Gasteiger partial charge is 0.303 e. The second kappa shape index (κ2) is 8.26. The Morgan fingerprint density at radius 3 is 2.47 bits per heavy atom. The van der Waals surface area contributed by atoms with Crippen LogP contribution in [0.1, 0.15) is 46.0 Å². The fourth-order valence-electron chi connectivity index (χ4n) is 1.15. The molecule has 0 aromatic rings. The molecule has 0 aliphatic heterocycles. The Bertz CT molecular complexity index is 204. The van der Waals surface area contributed by atoms with Crippen LogP contribution in [0.4, 0.5) is 0 Å². The van der Waals surface area contributed by atoms with Crippen LogP contribution in [0.3, 0.4) is 0 Å². The predicted molar refractivity (Wildman–Crippen MR) is 58.6 cm³/mol. The van der Waals surface area contributed by atoms with Crippen molar-refractivity contribution in [3.8, 4) is 0 Å². The number of unbranched alkanes of at least 4 members (excludes halogenated alkanes) is 2. The van der Waals surface area contributed by atoms with Crippen LogP contribution in [0.5, 0.6) is 0 Å². The Labute approximate surface area is 91.1 Å². The molecule has 0 heterocycles. The highest BCUT2D eigenvalue weighted by Crippen LogP contribution is 2.01. The van der Waals surface area contributed by atoms with Crippen molar-refractivity contribution in [1.82, 2.24) is 5.32 Å². The van der Waals surface area contributed by atoms with Gasteiger partial charge >= 0.3 is 5.97 Å². The quantitative estimate of drug-likeness (QED) is 0.607. The molecular weight excluding hydrogens is 194 g/mol. The topological polar surface area (TPSA) is 66.4 Å². The van der Waals surface area contributed by atoms with Crippen molar-refractivity contribution in [1.29, 1.82) is 0 Å². The van der Waals surface area contributed by atoms with E-state index in [1.807, 2.05) is 13.8 Å². The second-order valence-corrected chi connectivity index (χ2v) is 3.80. The normalized spacial score (nSPS) is 12.1. The highest BCUT2D eigenvalue weighted by atomic mass is 16.4. The van der Waals surface area contributed by atoms with Gasteiger partial charge in [-0.2, -0.15) is 0 Å². The predicted octanol–water partition coefficient (Wildman–Crippen LogP) is 1.79. The molecule has 0 spiro atoms. The molecule has 0 radical (unpaired) electrons. The summed E-state index contributed by atoms with van der Waals surface area (Å²) in [5, 5.41) is 11.2. The molecular formula is C11H21NO3. The van der Waals surface area contributed by atoms with Crippen LogP contribution in [0.2, 0.25) is 0 Å². The molecule has 1 atom stereocenters. The van der Waals surface area contributed by atoms with Gasteiger partial charge in [-0.3, -0.25) is 9.59 Å². The van der Waals surface area contributed by atoms with E-state index in [1.54, 1.807) is 0 Å². The molecule has 0 aliphatic carbocycles. The average molecular weight is 215 g/mol. The monoisotopic (exact) mass is 215 g/mol. The first-order chi connectivity index (χ1) is 7.07. The molecule has 4 nitrogen and oxygen atoms in total. The summed E-state index contributed by atoms with van der Waals surface area (Å²) in [4.78, 5) is 21.5. The number of hydrogen-bond acceptors (Lipinski definition) is 2. The Kier molecular flexibility index (Phi) is 7.68. The molecule has 0 saturated heterocycles. The zero-order valence-corrected chi connectivity index (χ0v) is 9.58. The van der Waals surface area contributed by atoms with Crippen LogP contribution in [0.15, 0.2) is 0 Å². The van der Waals surface area contributed by atoms with Gasteiger partial charge in [0.1, 0.15) is 0 Å². The summed E-state index contributed by atoms with van der Waals surface area (Å²) in [6.45, 7) is 4.54. The van der Waals surface area contributed by atoms with Crippen LogP contribution in [-0.2, 0) is 9.59 Å². The SMILES string of the molecule is CCC(C)C(=O)NCCCCCC(=O)O. The van der Waals surface area contributed by atoms with Crippen molar-refractivity contribution in [3.05, 3.63) is 0 Å². The van der Waals surface area contributed by atoms with E-state index in [0.717, 1.165) is 19.3 Å². The molecule has 15 heavy (non-hydrogen) atoms. The minimum Gasteiger partial charge on any atom is -0.481 e. The molecule has 0 saturated carbocycles. The average Bonchev–Trinajstić information content (AvgIpc) is 2.21. The summed E-state index contributed by atoms with van der Waals surface area (Å²) in [5.41, 5.74) is 0. The first-order valence-corrected chi connectivity index (χ1v) is 5.57. The van der Waals surface area contributed by atoms with Crippen LogP contribution in [0, 0.1) is 5.92 Å².